The van der Waals surface area contributed by atoms with Crippen LogP contribution in [0.25, 0.3) is 0 Å². The lowest BCUT2D eigenvalue weighted by molar-refractivity contribution is 0.0220. The van der Waals surface area contributed by atoms with Crippen LogP contribution in [0.5, 0.6) is 5.75 Å². The average Bonchev–Trinajstić information content (AvgIpc) is 2.68. The number of morpholine rings is 1. The van der Waals surface area contributed by atoms with Crippen LogP contribution in [0.1, 0.15) is 0 Å². The van der Waals surface area contributed by atoms with Crippen molar-refractivity contribution in [2.24, 2.45) is 0 Å². The number of hydrogen-bond donors (Lipinski definition) is 1. The summed E-state index contributed by atoms with van der Waals surface area (Å²) in [4.78, 5) is 4.88. The van der Waals surface area contributed by atoms with Gasteiger partial charge < -0.3 is 29.3 Å². The maximum absolute atomic E-state index is 5.90. The first-order valence-electron chi connectivity index (χ1n) is 10.2. The zero-order valence-electron chi connectivity index (χ0n) is 17.1. The van der Waals surface area contributed by atoms with Gasteiger partial charge in [-0.2, -0.15) is 0 Å². The van der Waals surface area contributed by atoms with Crippen LogP contribution in [0.4, 0.5) is 11.4 Å². The highest BCUT2D eigenvalue weighted by molar-refractivity contribution is 6.76. The Hall–Kier alpha value is -1.28. The van der Waals surface area contributed by atoms with Gasteiger partial charge in [0.2, 0.25) is 0 Å². The Bertz CT molecular complexity index is 582. The van der Waals surface area contributed by atoms with Crippen LogP contribution in [-0.2, 0) is 9.47 Å². The number of piperazine rings is 1. The van der Waals surface area contributed by atoms with E-state index in [0.717, 1.165) is 70.9 Å². The van der Waals surface area contributed by atoms with Crippen molar-refractivity contribution in [3.63, 3.8) is 0 Å². The van der Waals surface area contributed by atoms with Crippen LogP contribution in [0.3, 0.4) is 0 Å². The van der Waals surface area contributed by atoms with E-state index in [1.165, 1.54) is 11.4 Å². The lowest BCUT2D eigenvalue weighted by Gasteiger charge is -2.36. The van der Waals surface area contributed by atoms with Gasteiger partial charge in [0, 0.05) is 60.0 Å². The van der Waals surface area contributed by atoms with E-state index in [4.69, 9.17) is 14.2 Å². The molecule has 2 aliphatic heterocycles. The molecule has 0 bridgehead atoms. The molecule has 0 radical (unpaired) electrons. The van der Waals surface area contributed by atoms with E-state index in [1.54, 1.807) is 0 Å². The van der Waals surface area contributed by atoms with Crippen molar-refractivity contribution >= 4 is 19.4 Å². The highest BCUT2D eigenvalue weighted by atomic mass is 28.3. The summed E-state index contributed by atoms with van der Waals surface area (Å²) in [7, 11) is -1.05. The topological polar surface area (TPSA) is 46.2 Å². The summed E-state index contributed by atoms with van der Waals surface area (Å²) in [5, 5.41) is 3.43. The molecule has 0 atom stereocenters. The molecule has 2 saturated heterocycles. The number of hydrogen-bond acceptors (Lipinski definition) is 6. The normalized spacial score (nSPS) is 18.6. The molecule has 152 valence electrons. The molecule has 3 rings (SSSR count). The predicted molar refractivity (Wildman–Crippen MR) is 114 cm³/mol. The van der Waals surface area contributed by atoms with Crippen LogP contribution < -0.4 is 19.9 Å². The first kappa shape index (κ1) is 20.5. The van der Waals surface area contributed by atoms with Crippen molar-refractivity contribution in [1.29, 1.82) is 0 Å². The molecular weight excluding hydrogens is 358 g/mol. The summed E-state index contributed by atoms with van der Waals surface area (Å²) < 4.78 is 17.1. The molecule has 0 aliphatic carbocycles. The monoisotopic (exact) mass is 393 g/mol. The maximum Gasteiger partial charge on any atom is 0.189 e. The Morgan fingerprint density at radius 2 is 1.70 bits per heavy atom. The minimum atomic E-state index is -1.05. The third kappa shape index (κ3) is 6.38. The van der Waals surface area contributed by atoms with Crippen LogP contribution >= 0.6 is 0 Å². The predicted octanol–water partition coefficient (Wildman–Crippen LogP) is 2.62. The summed E-state index contributed by atoms with van der Waals surface area (Å²) in [6, 6.07) is 7.61. The van der Waals surface area contributed by atoms with Gasteiger partial charge in [-0.1, -0.05) is 19.6 Å². The molecular formula is C20H35N3O3Si. The molecule has 0 saturated carbocycles. The molecule has 2 fully saturated rings. The molecule has 6 nitrogen and oxygen atoms in total. The Morgan fingerprint density at radius 3 is 2.41 bits per heavy atom. The molecule has 0 aromatic heterocycles. The summed E-state index contributed by atoms with van der Waals surface area (Å²) in [5.41, 5.74) is 2.55. The van der Waals surface area contributed by atoms with Crippen molar-refractivity contribution in [2.75, 3.05) is 75.7 Å². The van der Waals surface area contributed by atoms with Crippen molar-refractivity contribution in [1.82, 2.24) is 5.32 Å². The van der Waals surface area contributed by atoms with Gasteiger partial charge in [-0.25, -0.2) is 0 Å². The molecule has 0 spiro atoms. The Kier molecular flexibility index (Phi) is 7.40. The molecule has 0 amide bonds. The largest absolute Gasteiger partial charge is 0.467 e. The van der Waals surface area contributed by atoms with Gasteiger partial charge in [-0.05, 0) is 18.2 Å². The first-order valence-corrected chi connectivity index (χ1v) is 13.9. The second-order valence-corrected chi connectivity index (χ2v) is 14.1. The minimum absolute atomic E-state index is 0.319. The second kappa shape index (κ2) is 9.77. The molecule has 0 unspecified atom stereocenters. The fraction of sp³-hybridized carbons (Fsp3) is 0.700. The molecule has 2 heterocycles. The third-order valence-corrected chi connectivity index (χ3v) is 6.77. The molecule has 2 aliphatic rings. The van der Waals surface area contributed by atoms with Crippen LogP contribution in [0, 0.1) is 0 Å². The standard InChI is InChI=1S/C20H35N3O3Si/c1-27(2,3)15-14-25-17-26-18-4-5-19(22-8-6-21-7-9-22)20(16-18)23-10-12-24-13-11-23/h4-5,16,21H,6-15,17H2,1-3H3. The van der Waals surface area contributed by atoms with E-state index in [2.05, 4.69) is 53.0 Å². The summed E-state index contributed by atoms with van der Waals surface area (Å²) >= 11 is 0. The van der Waals surface area contributed by atoms with Crippen LogP contribution in [0.15, 0.2) is 18.2 Å². The van der Waals surface area contributed by atoms with Gasteiger partial charge >= 0.3 is 0 Å². The zero-order valence-corrected chi connectivity index (χ0v) is 18.1. The van der Waals surface area contributed by atoms with Gasteiger partial charge in [-0.3, -0.25) is 0 Å². The SMILES string of the molecule is C[Si](C)(C)CCOCOc1ccc(N2CCNCC2)c(N2CCOCC2)c1. The summed E-state index contributed by atoms with van der Waals surface area (Å²) in [5.74, 6) is 0.878. The molecule has 1 N–H and O–H groups in total. The summed E-state index contributed by atoms with van der Waals surface area (Å²) in [6.07, 6.45) is 0. The lowest BCUT2D eigenvalue weighted by atomic mass is 10.2. The first-order chi connectivity index (χ1) is 13.0. The number of benzene rings is 1. The number of anilines is 2. The van der Waals surface area contributed by atoms with Gasteiger partial charge in [-0.15, -0.1) is 0 Å². The molecule has 27 heavy (non-hydrogen) atoms. The average molecular weight is 394 g/mol. The summed E-state index contributed by atoms with van der Waals surface area (Å²) in [6.45, 7) is 15.8. The third-order valence-electron chi connectivity index (χ3n) is 5.06. The van der Waals surface area contributed by atoms with E-state index in [0.29, 0.717) is 6.79 Å². The highest BCUT2D eigenvalue weighted by Crippen LogP contribution is 2.34. The fourth-order valence-electron chi connectivity index (χ4n) is 3.37. The van der Waals surface area contributed by atoms with E-state index in [9.17, 15) is 0 Å². The second-order valence-electron chi connectivity index (χ2n) is 8.47. The molecule has 7 heteroatoms. The number of nitrogens with one attached hydrogen (secondary N) is 1. The molecule has 1 aromatic carbocycles. The smallest absolute Gasteiger partial charge is 0.189 e. The Balaban J connectivity index is 1.64. The zero-order chi connectivity index (χ0) is 19.1. The number of nitrogens with zero attached hydrogens (tertiary/aromatic N) is 2. The van der Waals surface area contributed by atoms with Gasteiger partial charge in [0.15, 0.2) is 6.79 Å². The molecule has 1 aromatic rings. The number of rotatable bonds is 8. The quantitative estimate of drug-likeness (QED) is 0.416. The van der Waals surface area contributed by atoms with Crippen molar-refractivity contribution in [2.45, 2.75) is 25.7 Å². The highest BCUT2D eigenvalue weighted by Gasteiger charge is 2.20. The van der Waals surface area contributed by atoms with Gasteiger partial charge in [0.25, 0.3) is 0 Å². The lowest BCUT2D eigenvalue weighted by Crippen LogP contribution is -2.44. The van der Waals surface area contributed by atoms with Crippen LogP contribution in [-0.4, -0.2) is 74.0 Å². The van der Waals surface area contributed by atoms with E-state index < -0.39 is 8.07 Å². The Morgan fingerprint density at radius 1 is 1.00 bits per heavy atom. The van der Waals surface area contributed by atoms with Crippen molar-refractivity contribution in [3.05, 3.63) is 18.2 Å². The van der Waals surface area contributed by atoms with E-state index >= 15 is 0 Å². The Labute approximate surface area is 164 Å². The van der Waals surface area contributed by atoms with Crippen molar-refractivity contribution < 1.29 is 14.2 Å². The van der Waals surface area contributed by atoms with Gasteiger partial charge in [0.05, 0.1) is 24.6 Å². The van der Waals surface area contributed by atoms with Crippen molar-refractivity contribution in [3.8, 4) is 5.75 Å². The minimum Gasteiger partial charge on any atom is -0.467 e. The van der Waals surface area contributed by atoms with E-state index in [-0.39, 0.29) is 0 Å². The van der Waals surface area contributed by atoms with Crippen LogP contribution in [0.2, 0.25) is 25.7 Å². The maximum atomic E-state index is 5.90. The van der Waals surface area contributed by atoms with E-state index in [1.807, 2.05) is 0 Å². The number of ether oxygens (including phenoxy) is 3. The fourth-order valence-corrected chi connectivity index (χ4v) is 4.13. The van der Waals surface area contributed by atoms with Gasteiger partial charge in [0.1, 0.15) is 5.75 Å².